The molecule has 3 aromatic carbocycles. The second-order valence-electron chi connectivity index (χ2n) is 6.56. The first-order chi connectivity index (χ1) is 12.8. The molecule has 0 spiro atoms. The molecule has 0 bridgehead atoms. The summed E-state index contributed by atoms with van der Waals surface area (Å²) >= 11 is 0. The molecule has 0 fully saturated rings. The molecular formula is C23H21NO2. The Morgan fingerprint density at radius 2 is 1.58 bits per heavy atom. The average molecular weight is 343 g/mol. The largest absolute Gasteiger partial charge is 0.445 e. The Balaban J connectivity index is 1.42. The van der Waals surface area contributed by atoms with Gasteiger partial charge in [-0.2, -0.15) is 0 Å². The van der Waals surface area contributed by atoms with E-state index < -0.39 is 0 Å². The van der Waals surface area contributed by atoms with Crippen LogP contribution >= 0.6 is 0 Å². The number of rotatable bonds is 3. The van der Waals surface area contributed by atoms with Gasteiger partial charge < -0.3 is 9.64 Å². The minimum absolute atomic E-state index is 0.244. The zero-order valence-corrected chi connectivity index (χ0v) is 14.6. The molecule has 3 aromatic rings. The van der Waals surface area contributed by atoms with Crippen LogP contribution < -0.4 is 0 Å². The Kier molecular flexibility index (Phi) is 4.69. The van der Waals surface area contributed by atoms with Crippen LogP contribution in [0.15, 0.2) is 78.9 Å². The Bertz CT molecular complexity index is 891. The van der Waals surface area contributed by atoms with Crippen molar-refractivity contribution in [1.29, 1.82) is 0 Å². The minimum atomic E-state index is -0.244. The van der Waals surface area contributed by atoms with Gasteiger partial charge in [0.05, 0.1) is 0 Å². The molecule has 0 atom stereocenters. The van der Waals surface area contributed by atoms with E-state index in [1.807, 2.05) is 36.4 Å². The standard InChI is InChI=1S/C23H21NO2/c25-23(26-17-18-7-3-1-4-8-18)24-14-13-21-15-20(11-12-22(21)16-24)19-9-5-2-6-10-19/h1-12,15H,13-14,16-17H2. The molecular weight excluding hydrogens is 322 g/mol. The third kappa shape index (κ3) is 3.62. The van der Waals surface area contributed by atoms with Crippen LogP contribution in [0.1, 0.15) is 16.7 Å². The lowest BCUT2D eigenvalue weighted by molar-refractivity contribution is 0.0919. The summed E-state index contributed by atoms with van der Waals surface area (Å²) in [6, 6.07) is 26.7. The molecule has 4 rings (SSSR count). The Morgan fingerprint density at radius 3 is 2.35 bits per heavy atom. The van der Waals surface area contributed by atoms with E-state index in [-0.39, 0.29) is 6.09 Å². The SMILES string of the molecule is O=C(OCc1ccccc1)N1CCc2cc(-c3ccccc3)ccc2C1. The number of nitrogens with zero attached hydrogens (tertiary/aromatic N) is 1. The normalized spacial score (nSPS) is 13.2. The summed E-state index contributed by atoms with van der Waals surface area (Å²) in [6.07, 6.45) is 0.614. The van der Waals surface area contributed by atoms with Gasteiger partial charge in [-0.05, 0) is 34.2 Å². The third-order valence-electron chi connectivity index (χ3n) is 4.79. The maximum absolute atomic E-state index is 12.4. The fraction of sp³-hybridized carbons (Fsp3) is 0.174. The number of fused-ring (bicyclic) bond motifs is 1. The molecule has 0 saturated heterocycles. The number of carbonyl (C=O) groups is 1. The van der Waals surface area contributed by atoms with Crippen LogP contribution in [0.4, 0.5) is 4.79 Å². The van der Waals surface area contributed by atoms with Crippen molar-refractivity contribution in [1.82, 2.24) is 4.90 Å². The van der Waals surface area contributed by atoms with Gasteiger partial charge in [-0.1, -0.05) is 78.9 Å². The molecule has 3 heteroatoms. The zero-order valence-electron chi connectivity index (χ0n) is 14.6. The van der Waals surface area contributed by atoms with E-state index in [1.165, 1.54) is 22.3 Å². The van der Waals surface area contributed by atoms with Crippen molar-refractivity contribution in [3.63, 3.8) is 0 Å². The van der Waals surface area contributed by atoms with Crippen molar-refractivity contribution < 1.29 is 9.53 Å². The Labute approximate surface area is 153 Å². The fourth-order valence-corrected chi connectivity index (χ4v) is 3.33. The van der Waals surface area contributed by atoms with Gasteiger partial charge in [0, 0.05) is 13.1 Å². The molecule has 0 radical (unpaired) electrons. The number of benzene rings is 3. The lowest BCUT2D eigenvalue weighted by atomic mass is 9.95. The molecule has 0 saturated carbocycles. The molecule has 130 valence electrons. The predicted octanol–water partition coefficient (Wildman–Crippen LogP) is 5.05. The van der Waals surface area contributed by atoms with Crippen LogP contribution in [0.3, 0.4) is 0 Å². The summed E-state index contributed by atoms with van der Waals surface area (Å²) in [5, 5.41) is 0. The van der Waals surface area contributed by atoms with Gasteiger partial charge >= 0.3 is 6.09 Å². The molecule has 0 N–H and O–H groups in total. The van der Waals surface area contributed by atoms with Crippen LogP contribution in [-0.4, -0.2) is 17.5 Å². The summed E-state index contributed by atoms with van der Waals surface area (Å²) in [5.74, 6) is 0. The van der Waals surface area contributed by atoms with E-state index in [2.05, 4.69) is 42.5 Å². The average Bonchev–Trinajstić information content (AvgIpc) is 2.72. The first kappa shape index (κ1) is 16.4. The molecule has 0 unspecified atom stereocenters. The maximum Gasteiger partial charge on any atom is 0.410 e. The minimum Gasteiger partial charge on any atom is -0.445 e. The predicted molar refractivity (Wildman–Crippen MR) is 103 cm³/mol. The third-order valence-corrected chi connectivity index (χ3v) is 4.79. The van der Waals surface area contributed by atoms with Crippen LogP contribution in [0.5, 0.6) is 0 Å². The van der Waals surface area contributed by atoms with Gasteiger partial charge in [0.2, 0.25) is 0 Å². The summed E-state index contributed by atoms with van der Waals surface area (Å²) in [6.45, 7) is 1.62. The monoisotopic (exact) mass is 343 g/mol. The van der Waals surface area contributed by atoms with Crippen molar-refractivity contribution >= 4 is 6.09 Å². The Morgan fingerprint density at radius 1 is 0.846 bits per heavy atom. The van der Waals surface area contributed by atoms with Crippen molar-refractivity contribution in [3.8, 4) is 11.1 Å². The van der Waals surface area contributed by atoms with Crippen molar-refractivity contribution in [2.75, 3.05) is 6.54 Å². The molecule has 0 aromatic heterocycles. The number of hydrogen-bond acceptors (Lipinski definition) is 2. The van der Waals surface area contributed by atoms with Gasteiger partial charge in [-0.15, -0.1) is 0 Å². The molecule has 1 aliphatic rings. The highest BCUT2D eigenvalue weighted by Crippen LogP contribution is 2.26. The topological polar surface area (TPSA) is 29.5 Å². The van der Waals surface area contributed by atoms with E-state index in [9.17, 15) is 4.79 Å². The van der Waals surface area contributed by atoms with Crippen LogP contribution in [0.2, 0.25) is 0 Å². The highest BCUT2D eigenvalue weighted by molar-refractivity contribution is 5.69. The molecule has 26 heavy (non-hydrogen) atoms. The quantitative estimate of drug-likeness (QED) is 0.666. The second kappa shape index (κ2) is 7.44. The number of hydrogen-bond donors (Lipinski definition) is 0. The van der Waals surface area contributed by atoms with Crippen molar-refractivity contribution in [2.24, 2.45) is 0 Å². The highest BCUT2D eigenvalue weighted by Gasteiger charge is 2.22. The molecule has 1 amide bonds. The van der Waals surface area contributed by atoms with Gasteiger partial charge in [-0.25, -0.2) is 4.79 Å². The van der Waals surface area contributed by atoms with Gasteiger partial charge in [0.1, 0.15) is 6.61 Å². The Hall–Kier alpha value is -3.07. The highest BCUT2D eigenvalue weighted by atomic mass is 16.6. The van der Waals surface area contributed by atoms with E-state index in [4.69, 9.17) is 4.74 Å². The van der Waals surface area contributed by atoms with Crippen LogP contribution in [-0.2, 0) is 24.3 Å². The second-order valence-corrected chi connectivity index (χ2v) is 6.56. The summed E-state index contributed by atoms with van der Waals surface area (Å²) < 4.78 is 5.46. The summed E-state index contributed by atoms with van der Waals surface area (Å²) in [7, 11) is 0. The first-order valence-electron chi connectivity index (χ1n) is 8.92. The maximum atomic E-state index is 12.4. The van der Waals surface area contributed by atoms with Gasteiger partial charge in [0.25, 0.3) is 0 Å². The number of amides is 1. The van der Waals surface area contributed by atoms with Crippen molar-refractivity contribution in [3.05, 3.63) is 95.6 Å². The summed E-state index contributed by atoms with van der Waals surface area (Å²) in [4.78, 5) is 14.2. The van der Waals surface area contributed by atoms with Crippen molar-refractivity contribution in [2.45, 2.75) is 19.6 Å². The smallest absolute Gasteiger partial charge is 0.410 e. The molecule has 3 nitrogen and oxygen atoms in total. The number of carbonyl (C=O) groups excluding carboxylic acids is 1. The van der Waals surface area contributed by atoms with Gasteiger partial charge in [-0.3, -0.25) is 0 Å². The van der Waals surface area contributed by atoms with Crippen LogP contribution in [0.25, 0.3) is 11.1 Å². The lowest BCUT2D eigenvalue weighted by Crippen LogP contribution is -2.36. The molecule has 1 heterocycles. The molecule has 0 aliphatic carbocycles. The van der Waals surface area contributed by atoms with E-state index in [1.54, 1.807) is 4.90 Å². The molecule has 1 aliphatic heterocycles. The van der Waals surface area contributed by atoms with E-state index >= 15 is 0 Å². The van der Waals surface area contributed by atoms with Gasteiger partial charge in [0.15, 0.2) is 0 Å². The number of ether oxygens (including phenoxy) is 1. The zero-order chi connectivity index (χ0) is 17.8. The summed E-state index contributed by atoms with van der Waals surface area (Å²) in [5.41, 5.74) is 5.97. The van der Waals surface area contributed by atoms with Crippen LogP contribution in [0, 0.1) is 0 Å². The lowest BCUT2D eigenvalue weighted by Gasteiger charge is -2.28. The van der Waals surface area contributed by atoms with E-state index in [0.717, 1.165) is 12.0 Å². The fourth-order valence-electron chi connectivity index (χ4n) is 3.33. The first-order valence-corrected chi connectivity index (χ1v) is 8.92. The van der Waals surface area contributed by atoms with E-state index in [0.29, 0.717) is 19.7 Å².